The molecule has 1 aliphatic carbocycles. The van der Waals surface area contributed by atoms with Crippen molar-refractivity contribution in [2.24, 2.45) is 5.73 Å². The molecule has 1 aliphatic rings. The predicted molar refractivity (Wildman–Crippen MR) is 73.6 cm³/mol. The first-order valence-corrected chi connectivity index (χ1v) is 6.71. The summed E-state index contributed by atoms with van der Waals surface area (Å²) >= 11 is 0. The van der Waals surface area contributed by atoms with E-state index in [1.807, 2.05) is 32.0 Å². The molecule has 0 bridgehead atoms. The largest absolute Gasteiger partial charge is 0.348 e. The van der Waals surface area contributed by atoms with Crippen molar-refractivity contribution < 1.29 is 4.79 Å². The number of nitrogens with two attached hydrogens (primary N) is 1. The number of carbonyl (C=O) groups excluding carboxylic acids is 1. The first-order chi connectivity index (χ1) is 8.58. The van der Waals surface area contributed by atoms with Crippen LogP contribution in [0.15, 0.2) is 18.2 Å². The fraction of sp³-hybridized carbons (Fsp3) is 0.533. The number of aryl methyl sites for hydroxylation is 2. The van der Waals surface area contributed by atoms with Gasteiger partial charge in [-0.15, -0.1) is 0 Å². The third-order valence-corrected chi connectivity index (χ3v) is 3.76. The van der Waals surface area contributed by atoms with Gasteiger partial charge in [0, 0.05) is 17.6 Å². The van der Waals surface area contributed by atoms with Gasteiger partial charge in [0.2, 0.25) is 0 Å². The number of benzene rings is 1. The molecule has 1 aromatic carbocycles. The number of amides is 1. The average molecular weight is 246 g/mol. The van der Waals surface area contributed by atoms with E-state index in [1.165, 1.54) is 12.0 Å². The molecule has 3 N–H and O–H groups in total. The Morgan fingerprint density at radius 1 is 1.28 bits per heavy atom. The quantitative estimate of drug-likeness (QED) is 0.841. The Bertz CT molecular complexity index is 442. The Morgan fingerprint density at radius 2 is 2.00 bits per heavy atom. The normalized spacial score (nSPS) is 23.7. The van der Waals surface area contributed by atoms with E-state index in [0.29, 0.717) is 0 Å². The maximum Gasteiger partial charge on any atom is 0.251 e. The topological polar surface area (TPSA) is 55.1 Å². The van der Waals surface area contributed by atoms with Gasteiger partial charge in [-0.05, 0) is 38.3 Å². The summed E-state index contributed by atoms with van der Waals surface area (Å²) in [5.74, 6) is 0.00912. The van der Waals surface area contributed by atoms with Crippen LogP contribution in [0.3, 0.4) is 0 Å². The van der Waals surface area contributed by atoms with Gasteiger partial charge in [0.1, 0.15) is 0 Å². The zero-order valence-electron chi connectivity index (χ0n) is 11.2. The molecule has 98 valence electrons. The zero-order valence-corrected chi connectivity index (χ0v) is 11.2. The van der Waals surface area contributed by atoms with Crippen LogP contribution in [0.25, 0.3) is 0 Å². The third kappa shape index (κ3) is 2.91. The van der Waals surface area contributed by atoms with Crippen LogP contribution in [0.4, 0.5) is 0 Å². The van der Waals surface area contributed by atoms with E-state index in [0.717, 1.165) is 30.4 Å². The van der Waals surface area contributed by atoms with E-state index in [4.69, 9.17) is 5.73 Å². The highest BCUT2D eigenvalue weighted by Gasteiger charge is 2.24. The summed E-state index contributed by atoms with van der Waals surface area (Å²) < 4.78 is 0. The molecule has 1 aromatic rings. The fourth-order valence-corrected chi connectivity index (χ4v) is 2.65. The van der Waals surface area contributed by atoms with Crippen LogP contribution in [-0.2, 0) is 0 Å². The summed E-state index contributed by atoms with van der Waals surface area (Å²) in [5, 5.41) is 3.08. The second-order valence-corrected chi connectivity index (χ2v) is 5.35. The smallest absolute Gasteiger partial charge is 0.251 e. The van der Waals surface area contributed by atoms with E-state index in [9.17, 15) is 4.79 Å². The standard InChI is InChI=1S/C15H22N2O/c1-10-7-8-12(11(2)9-10)15(18)17-14-6-4-3-5-13(14)16/h7-9,13-14H,3-6,16H2,1-2H3,(H,17,18)/t13-,14-/m1/s1. The lowest BCUT2D eigenvalue weighted by atomic mass is 9.90. The maximum atomic E-state index is 12.2. The van der Waals surface area contributed by atoms with Gasteiger partial charge in [0.05, 0.1) is 0 Å². The van der Waals surface area contributed by atoms with Gasteiger partial charge in [-0.2, -0.15) is 0 Å². The lowest BCUT2D eigenvalue weighted by Crippen LogP contribution is -2.49. The summed E-state index contributed by atoms with van der Waals surface area (Å²) in [6.45, 7) is 4.01. The minimum absolute atomic E-state index is 0.00912. The monoisotopic (exact) mass is 246 g/mol. The summed E-state index contributed by atoms with van der Waals surface area (Å²) in [7, 11) is 0. The van der Waals surface area contributed by atoms with E-state index in [1.54, 1.807) is 0 Å². The van der Waals surface area contributed by atoms with Crippen molar-refractivity contribution in [1.82, 2.24) is 5.32 Å². The summed E-state index contributed by atoms with van der Waals surface area (Å²) in [5.41, 5.74) is 9.02. The van der Waals surface area contributed by atoms with E-state index < -0.39 is 0 Å². The van der Waals surface area contributed by atoms with Crippen LogP contribution in [0, 0.1) is 13.8 Å². The van der Waals surface area contributed by atoms with Gasteiger partial charge in [0.15, 0.2) is 0 Å². The van der Waals surface area contributed by atoms with Gasteiger partial charge in [-0.25, -0.2) is 0 Å². The SMILES string of the molecule is Cc1ccc(C(=O)N[C@@H]2CCCC[C@H]2N)c(C)c1. The van der Waals surface area contributed by atoms with Gasteiger partial charge in [-0.3, -0.25) is 4.79 Å². The Morgan fingerprint density at radius 3 is 2.67 bits per heavy atom. The third-order valence-electron chi connectivity index (χ3n) is 3.76. The molecule has 0 saturated heterocycles. The molecule has 1 fully saturated rings. The molecule has 3 heteroatoms. The molecule has 0 aliphatic heterocycles. The van der Waals surface area contributed by atoms with E-state index in [2.05, 4.69) is 5.32 Å². The first kappa shape index (κ1) is 13.1. The number of rotatable bonds is 2. The second-order valence-electron chi connectivity index (χ2n) is 5.35. The van der Waals surface area contributed by atoms with E-state index in [-0.39, 0.29) is 18.0 Å². The van der Waals surface area contributed by atoms with E-state index >= 15 is 0 Å². The lowest BCUT2D eigenvalue weighted by molar-refractivity contribution is 0.0920. The zero-order chi connectivity index (χ0) is 13.1. The molecular weight excluding hydrogens is 224 g/mol. The van der Waals surface area contributed by atoms with Crippen molar-refractivity contribution in [3.8, 4) is 0 Å². The molecule has 1 saturated carbocycles. The van der Waals surface area contributed by atoms with Crippen molar-refractivity contribution in [3.63, 3.8) is 0 Å². The molecular formula is C15H22N2O. The minimum atomic E-state index is 0.00912. The Labute approximate surface area is 109 Å². The molecule has 0 radical (unpaired) electrons. The number of nitrogens with one attached hydrogen (secondary N) is 1. The predicted octanol–water partition coefficient (Wildman–Crippen LogP) is 2.30. The van der Waals surface area contributed by atoms with Gasteiger partial charge in [0.25, 0.3) is 5.91 Å². The summed E-state index contributed by atoms with van der Waals surface area (Å²) in [6, 6.07) is 6.15. The number of hydrogen-bond acceptors (Lipinski definition) is 2. The molecule has 0 unspecified atom stereocenters. The molecule has 1 amide bonds. The Balaban J connectivity index is 2.07. The lowest BCUT2D eigenvalue weighted by Gasteiger charge is -2.29. The molecule has 18 heavy (non-hydrogen) atoms. The van der Waals surface area contributed by atoms with Crippen molar-refractivity contribution in [1.29, 1.82) is 0 Å². The first-order valence-electron chi connectivity index (χ1n) is 6.71. The highest BCUT2D eigenvalue weighted by atomic mass is 16.1. The molecule has 3 nitrogen and oxygen atoms in total. The summed E-state index contributed by atoms with van der Waals surface area (Å²) in [4.78, 5) is 12.2. The highest BCUT2D eigenvalue weighted by molar-refractivity contribution is 5.95. The van der Waals surface area contributed by atoms with Crippen LogP contribution < -0.4 is 11.1 Å². The average Bonchev–Trinajstić information content (AvgIpc) is 2.32. The maximum absolute atomic E-state index is 12.2. The Hall–Kier alpha value is -1.35. The molecule has 0 heterocycles. The molecule has 0 aromatic heterocycles. The van der Waals surface area contributed by atoms with Gasteiger partial charge < -0.3 is 11.1 Å². The van der Waals surface area contributed by atoms with Crippen LogP contribution in [0.5, 0.6) is 0 Å². The van der Waals surface area contributed by atoms with Crippen LogP contribution in [-0.4, -0.2) is 18.0 Å². The van der Waals surface area contributed by atoms with Crippen molar-refractivity contribution in [2.75, 3.05) is 0 Å². The van der Waals surface area contributed by atoms with Crippen LogP contribution in [0.2, 0.25) is 0 Å². The van der Waals surface area contributed by atoms with Crippen molar-refractivity contribution in [2.45, 2.75) is 51.6 Å². The Kier molecular flexibility index (Phi) is 4.02. The number of hydrogen-bond donors (Lipinski definition) is 2. The summed E-state index contributed by atoms with van der Waals surface area (Å²) in [6.07, 6.45) is 4.35. The van der Waals surface area contributed by atoms with Gasteiger partial charge in [-0.1, -0.05) is 30.5 Å². The molecule has 0 spiro atoms. The van der Waals surface area contributed by atoms with Crippen molar-refractivity contribution in [3.05, 3.63) is 34.9 Å². The van der Waals surface area contributed by atoms with Crippen LogP contribution in [0.1, 0.15) is 47.2 Å². The van der Waals surface area contributed by atoms with Crippen molar-refractivity contribution >= 4 is 5.91 Å². The second kappa shape index (κ2) is 5.53. The number of carbonyl (C=O) groups is 1. The minimum Gasteiger partial charge on any atom is -0.348 e. The highest BCUT2D eigenvalue weighted by Crippen LogP contribution is 2.18. The molecule has 2 atom stereocenters. The fourth-order valence-electron chi connectivity index (χ4n) is 2.65. The van der Waals surface area contributed by atoms with Gasteiger partial charge >= 0.3 is 0 Å². The van der Waals surface area contributed by atoms with Crippen LogP contribution >= 0.6 is 0 Å². The molecule has 2 rings (SSSR count).